The number of nitrogens with one attached hydrogen (secondary N) is 3. The fourth-order valence-corrected chi connectivity index (χ4v) is 2.55. The van der Waals surface area contributed by atoms with Gasteiger partial charge in [0.2, 0.25) is 0 Å². The number of rotatable bonds is 10. The maximum atomic E-state index is 5.98. The average molecular weight is 370 g/mol. The van der Waals surface area contributed by atoms with Crippen LogP contribution in [0.2, 0.25) is 0 Å². The molecule has 2 rings (SSSR count). The molecule has 2 aromatic rings. The summed E-state index contributed by atoms with van der Waals surface area (Å²) in [7, 11) is 1.78. The molecule has 1 unspecified atom stereocenters. The minimum absolute atomic E-state index is 0.0484. The molecule has 0 aliphatic heterocycles. The molecule has 1 heterocycles. The number of aryl methyl sites for hydroxylation is 1. The Hall–Kier alpha value is -2.76. The molecule has 6 nitrogen and oxygen atoms in total. The molecule has 1 aromatic heterocycles. The number of aliphatic imine (C=N–C) groups is 1. The topological polar surface area (TPSA) is 70.6 Å². The lowest BCUT2D eigenvalue weighted by atomic mass is 10.2. The largest absolute Gasteiger partial charge is 0.489 e. The Balaban J connectivity index is 1.58. The first kappa shape index (κ1) is 20.6. The molecule has 3 N–H and O–H groups in total. The van der Waals surface area contributed by atoms with Gasteiger partial charge in [-0.2, -0.15) is 0 Å². The Morgan fingerprint density at radius 3 is 2.59 bits per heavy atom. The van der Waals surface area contributed by atoms with E-state index < -0.39 is 0 Å². The number of benzene rings is 1. The molecular weight excluding hydrogens is 338 g/mol. The highest BCUT2D eigenvalue weighted by molar-refractivity contribution is 5.79. The highest BCUT2D eigenvalue weighted by Crippen LogP contribution is 2.17. The van der Waals surface area contributed by atoms with Gasteiger partial charge < -0.3 is 20.7 Å². The van der Waals surface area contributed by atoms with Crippen molar-refractivity contribution in [1.29, 1.82) is 0 Å². The Labute approximate surface area is 162 Å². The van der Waals surface area contributed by atoms with Crippen LogP contribution in [0.5, 0.6) is 5.75 Å². The van der Waals surface area contributed by atoms with E-state index in [1.54, 1.807) is 13.2 Å². The van der Waals surface area contributed by atoms with E-state index in [-0.39, 0.29) is 6.10 Å². The molecule has 0 amide bonds. The van der Waals surface area contributed by atoms with Crippen LogP contribution in [0.3, 0.4) is 0 Å². The van der Waals surface area contributed by atoms with Gasteiger partial charge in [0.1, 0.15) is 17.7 Å². The van der Waals surface area contributed by atoms with E-state index in [0.717, 1.165) is 49.0 Å². The summed E-state index contributed by atoms with van der Waals surface area (Å²) in [6, 6.07) is 13.9. The number of pyridine rings is 1. The van der Waals surface area contributed by atoms with Crippen molar-refractivity contribution in [3.05, 3.63) is 54.2 Å². The summed E-state index contributed by atoms with van der Waals surface area (Å²) in [5.74, 6) is 2.65. The lowest BCUT2D eigenvalue weighted by Crippen LogP contribution is -2.42. The maximum Gasteiger partial charge on any atom is 0.191 e. The summed E-state index contributed by atoms with van der Waals surface area (Å²) in [4.78, 5) is 8.51. The van der Waals surface area contributed by atoms with Crippen LogP contribution in [0, 0.1) is 6.92 Å². The van der Waals surface area contributed by atoms with E-state index in [4.69, 9.17) is 4.74 Å². The summed E-state index contributed by atoms with van der Waals surface area (Å²) < 4.78 is 5.98. The quantitative estimate of drug-likeness (QED) is 0.341. The normalized spacial score (nSPS) is 12.3. The molecule has 0 bridgehead atoms. The summed E-state index contributed by atoms with van der Waals surface area (Å²) in [5, 5.41) is 9.97. The van der Waals surface area contributed by atoms with Crippen LogP contribution in [-0.2, 0) is 0 Å². The fourth-order valence-electron chi connectivity index (χ4n) is 2.55. The fraction of sp³-hybridized carbons (Fsp3) is 0.429. The molecule has 6 heteroatoms. The van der Waals surface area contributed by atoms with Crippen molar-refractivity contribution in [2.75, 3.05) is 32.0 Å². The van der Waals surface area contributed by atoms with Gasteiger partial charge in [-0.15, -0.1) is 0 Å². The molecule has 0 fully saturated rings. The van der Waals surface area contributed by atoms with Gasteiger partial charge in [0.05, 0.1) is 6.54 Å². The third-order valence-corrected chi connectivity index (χ3v) is 4.07. The van der Waals surface area contributed by atoms with Crippen molar-refractivity contribution in [3.63, 3.8) is 0 Å². The van der Waals surface area contributed by atoms with E-state index in [9.17, 15) is 0 Å². The van der Waals surface area contributed by atoms with Gasteiger partial charge in [0.15, 0.2) is 5.96 Å². The van der Waals surface area contributed by atoms with Crippen LogP contribution in [0.1, 0.15) is 25.3 Å². The first-order valence-electron chi connectivity index (χ1n) is 9.50. The van der Waals surface area contributed by atoms with Crippen LogP contribution in [0.25, 0.3) is 0 Å². The second-order valence-corrected chi connectivity index (χ2v) is 6.42. The Morgan fingerprint density at radius 1 is 1.07 bits per heavy atom. The van der Waals surface area contributed by atoms with Crippen molar-refractivity contribution < 1.29 is 4.74 Å². The Bertz CT molecular complexity index is 690. The van der Waals surface area contributed by atoms with Crippen molar-refractivity contribution in [3.8, 4) is 5.75 Å². The van der Waals surface area contributed by atoms with Gasteiger partial charge in [-0.3, -0.25) is 4.99 Å². The summed E-state index contributed by atoms with van der Waals surface area (Å²) in [6.07, 6.45) is 3.96. The number of unbranched alkanes of at least 4 members (excludes halogenated alkanes) is 1. The zero-order valence-corrected chi connectivity index (χ0v) is 16.5. The molecular formula is C21H31N5O. The number of hydrogen-bond acceptors (Lipinski definition) is 4. The number of aromatic nitrogens is 1. The van der Waals surface area contributed by atoms with Crippen molar-refractivity contribution in [1.82, 2.24) is 15.6 Å². The number of nitrogens with zero attached hydrogens (tertiary/aromatic N) is 2. The second-order valence-electron chi connectivity index (χ2n) is 6.42. The molecule has 0 spiro atoms. The Kier molecular flexibility index (Phi) is 8.96. The van der Waals surface area contributed by atoms with Gasteiger partial charge in [-0.1, -0.05) is 24.3 Å². The molecule has 0 radical (unpaired) electrons. The predicted molar refractivity (Wildman–Crippen MR) is 113 cm³/mol. The molecule has 0 saturated carbocycles. The van der Waals surface area contributed by atoms with E-state index in [1.807, 2.05) is 36.4 Å². The van der Waals surface area contributed by atoms with E-state index in [2.05, 4.69) is 45.8 Å². The first-order valence-corrected chi connectivity index (χ1v) is 9.50. The Morgan fingerprint density at radius 2 is 1.85 bits per heavy atom. The van der Waals surface area contributed by atoms with Gasteiger partial charge >= 0.3 is 0 Å². The van der Waals surface area contributed by atoms with Crippen LogP contribution in [0.4, 0.5) is 5.82 Å². The zero-order chi connectivity index (χ0) is 19.3. The minimum atomic E-state index is 0.0484. The van der Waals surface area contributed by atoms with Crippen molar-refractivity contribution in [2.45, 2.75) is 32.8 Å². The summed E-state index contributed by atoms with van der Waals surface area (Å²) >= 11 is 0. The van der Waals surface area contributed by atoms with E-state index >= 15 is 0 Å². The lowest BCUT2D eigenvalue weighted by Gasteiger charge is -2.18. The van der Waals surface area contributed by atoms with Crippen LogP contribution >= 0.6 is 0 Å². The highest BCUT2D eigenvalue weighted by atomic mass is 16.5. The summed E-state index contributed by atoms with van der Waals surface area (Å²) in [6.45, 7) is 6.58. The number of anilines is 1. The number of hydrogen-bond donors (Lipinski definition) is 3. The molecule has 27 heavy (non-hydrogen) atoms. The second kappa shape index (κ2) is 11.8. The number of para-hydroxylation sites is 1. The van der Waals surface area contributed by atoms with Gasteiger partial charge in [-0.25, -0.2) is 4.98 Å². The van der Waals surface area contributed by atoms with Crippen molar-refractivity contribution >= 4 is 11.8 Å². The highest BCUT2D eigenvalue weighted by Gasteiger charge is 2.07. The van der Waals surface area contributed by atoms with Crippen molar-refractivity contribution in [2.24, 2.45) is 4.99 Å². The number of ether oxygens (including phenoxy) is 1. The molecule has 1 aromatic carbocycles. The predicted octanol–water partition coefficient (Wildman–Crippen LogP) is 3.21. The zero-order valence-electron chi connectivity index (χ0n) is 16.5. The van der Waals surface area contributed by atoms with Gasteiger partial charge in [0.25, 0.3) is 0 Å². The monoisotopic (exact) mass is 369 g/mol. The average Bonchev–Trinajstić information content (AvgIpc) is 2.69. The lowest BCUT2D eigenvalue weighted by molar-refractivity contribution is 0.222. The number of guanidine groups is 1. The molecule has 0 saturated heterocycles. The van der Waals surface area contributed by atoms with Crippen LogP contribution < -0.4 is 20.7 Å². The standard InChI is InChI=1S/C21H31N5O/c1-17-10-4-5-11-19(17)27-18(2)16-26-21(22-3)25-15-9-8-14-24-20-12-6-7-13-23-20/h4-7,10-13,18H,8-9,14-16H2,1-3H3,(H,23,24)(H2,22,25,26). The van der Waals surface area contributed by atoms with Gasteiger partial charge in [0, 0.05) is 26.3 Å². The molecule has 0 aliphatic rings. The van der Waals surface area contributed by atoms with Crippen LogP contribution in [0.15, 0.2) is 53.7 Å². The van der Waals surface area contributed by atoms with E-state index in [0.29, 0.717) is 6.54 Å². The third-order valence-electron chi connectivity index (χ3n) is 4.07. The minimum Gasteiger partial charge on any atom is -0.489 e. The SMILES string of the molecule is CN=C(NCCCCNc1ccccn1)NCC(C)Oc1ccccc1C. The smallest absolute Gasteiger partial charge is 0.191 e. The van der Waals surface area contributed by atoms with E-state index in [1.165, 1.54) is 0 Å². The molecule has 1 atom stereocenters. The third kappa shape index (κ3) is 7.98. The van der Waals surface area contributed by atoms with Gasteiger partial charge in [-0.05, 0) is 50.5 Å². The molecule has 0 aliphatic carbocycles. The maximum absolute atomic E-state index is 5.98. The first-order chi connectivity index (χ1) is 13.2. The van der Waals surface area contributed by atoms with Crippen LogP contribution in [-0.4, -0.2) is 43.7 Å². The summed E-state index contributed by atoms with van der Waals surface area (Å²) in [5.41, 5.74) is 1.14. The molecule has 146 valence electrons.